The first kappa shape index (κ1) is 17.5. The number of nitrogens with one attached hydrogen (secondary N) is 2. The second kappa shape index (κ2) is 8.68. The Morgan fingerprint density at radius 2 is 2.16 bits per heavy atom. The van der Waals surface area contributed by atoms with Crippen molar-refractivity contribution < 1.29 is 9.53 Å². The zero-order valence-electron chi connectivity index (χ0n) is 13.7. The van der Waals surface area contributed by atoms with Gasteiger partial charge < -0.3 is 10.1 Å². The lowest BCUT2D eigenvalue weighted by atomic mass is 10.2. The monoisotopic (exact) mass is 374 g/mol. The first-order valence-corrected chi connectivity index (χ1v) is 9.55. The molecule has 0 fully saturated rings. The quantitative estimate of drug-likeness (QED) is 0.593. The van der Waals surface area contributed by atoms with Crippen molar-refractivity contribution in [3.05, 3.63) is 58.0 Å². The first-order chi connectivity index (χ1) is 12.2. The van der Waals surface area contributed by atoms with E-state index < -0.39 is 0 Å². The highest BCUT2D eigenvalue weighted by molar-refractivity contribution is 7.99. The van der Waals surface area contributed by atoms with Gasteiger partial charge in [-0.15, -0.1) is 16.4 Å². The Hall–Kier alpha value is -2.32. The standard InChI is InChI=1S/C17H18N4O2S2/c1-23-13-6-4-12(5-7-13)10-18-16(22)11-25-17-19-15(20-21-17)9-14-3-2-8-24-14/h2-8H,9-11H2,1H3,(H,18,22)(H,19,20,21). The highest BCUT2D eigenvalue weighted by Gasteiger charge is 2.08. The van der Waals surface area contributed by atoms with Crippen LogP contribution in [-0.4, -0.2) is 34.0 Å². The number of benzene rings is 1. The zero-order valence-corrected chi connectivity index (χ0v) is 15.3. The number of hydrogen-bond donors (Lipinski definition) is 2. The maximum Gasteiger partial charge on any atom is 0.230 e. The number of hydrogen-bond acceptors (Lipinski definition) is 6. The summed E-state index contributed by atoms with van der Waals surface area (Å²) >= 11 is 3.01. The fraction of sp³-hybridized carbons (Fsp3) is 0.235. The van der Waals surface area contributed by atoms with Crippen LogP contribution in [0.15, 0.2) is 46.9 Å². The van der Waals surface area contributed by atoms with E-state index in [1.165, 1.54) is 16.6 Å². The van der Waals surface area contributed by atoms with Crippen LogP contribution in [0, 0.1) is 0 Å². The molecule has 8 heteroatoms. The highest BCUT2D eigenvalue weighted by Crippen LogP contribution is 2.16. The van der Waals surface area contributed by atoms with Gasteiger partial charge >= 0.3 is 0 Å². The number of aromatic nitrogens is 3. The molecular formula is C17H18N4O2S2. The molecule has 3 rings (SSSR count). The molecule has 0 spiro atoms. The largest absolute Gasteiger partial charge is 0.497 e. The molecule has 6 nitrogen and oxygen atoms in total. The molecule has 1 amide bonds. The number of H-pyrrole nitrogens is 1. The van der Waals surface area contributed by atoms with Gasteiger partial charge in [-0.3, -0.25) is 9.89 Å². The van der Waals surface area contributed by atoms with Crippen molar-refractivity contribution in [2.75, 3.05) is 12.9 Å². The van der Waals surface area contributed by atoms with Crippen molar-refractivity contribution in [2.24, 2.45) is 0 Å². The van der Waals surface area contributed by atoms with Crippen molar-refractivity contribution in [2.45, 2.75) is 18.1 Å². The number of rotatable bonds is 8. The normalized spacial score (nSPS) is 10.6. The Labute approximate surface area is 154 Å². The molecule has 3 aromatic rings. The van der Waals surface area contributed by atoms with E-state index in [0.29, 0.717) is 11.7 Å². The van der Waals surface area contributed by atoms with Gasteiger partial charge in [-0.25, -0.2) is 4.98 Å². The maximum atomic E-state index is 12.0. The predicted molar refractivity (Wildman–Crippen MR) is 99.1 cm³/mol. The number of methoxy groups -OCH3 is 1. The van der Waals surface area contributed by atoms with Crippen LogP contribution in [0.3, 0.4) is 0 Å². The number of amides is 1. The van der Waals surface area contributed by atoms with E-state index in [4.69, 9.17) is 4.74 Å². The Balaban J connectivity index is 1.42. The second-order valence-corrected chi connectivity index (χ2v) is 7.21. The fourth-order valence-corrected chi connectivity index (χ4v) is 3.48. The summed E-state index contributed by atoms with van der Waals surface area (Å²) in [6.45, 7) is 0.487. The Morgan fingerprint density at radius 3 is 2.88 bits per heavy atom. The lowest BCUT2D eigenvalue weighted by Crippen LogP contribution is -2.24. The molecule has 0 aliphatic heterocycles. The van der Waals surface area contributed by atoms with Gasteiger partial charge in [-0.2, -0.15) is 0 Å². The average molecular weight is 374 g/mol. The summed E-state index contributed by atoms with van der Waals surface area (Å²) < 4.78 is 5.11. The zero-order chi connectivity index (χ0) is 17.5. The summed E-state index contributed by atoms with van der Waals surface area (Å²) in [6, 6.07) is 11.7. The molecule has 0 aliphatic carbocycles. The first-order valence-electron chi connectivity index (χ1n) is 7.69. The smallest absolute Gasteiger partial charge is 0.230 e. The molecule has 0 saturated carbocycles. The summed E-state index contributed by atoms with van der Waals surface area (Å²) in [5.41, 5.74) is 1.02. The molecule has 130 valence electrons. The minimum atomic E-state index is -0.0505. The third-order valence-corrected chi connectivity index (χ3v) is 5.14. The Kier molecular flexibility index (Phi) is 6.08. The van der Waals surface area contributed by atoms with Gasteiger partial charge in [0, 0.05) is 17.8 Å². The lowest BCUT2D eigenvalue weighted by molar-refractivity contribution is -0.118. The molecule has 2 aromatic heterocycles. The van der Waals surface area contributed by atoms with Crippen molar-refractivity contribution in [3.8, 4) is 5.75 Å². The molecular weight excluding hydrogens is 356 g/mol. The van der Waals surface area contributed by atoms with Crippen LogP contribution in [-0.2, 0) is 17.8 Å². The molecule has 1 aromatic carbocycles. The summed E-state index contributed by atoms with van der Waals surface area (Å²) in [5.74, 6) is 1.84. The van der Waals surface area contributed by atoms with E-state index in [9.17, 15) is 4.79 Å². The van der Waals surface area contributed by atoms with Crippen LogP contribution in [0.25, 0.3) is 0 Å². The van der Waals surface area contributed by atoms with Crippen molar-refractivity contribution in [1.29, 1.82) is 0 Å². The minimum Gasteiger partial charge on any atom is -0.497 e. The summed E-state index contributed by atoms with van der Waals surface area (Å²) in [4.78, 5) is 17.6. The summed E-state index contributed by atoms with van der Waals surface area (Å²) in [6.07, 6.45) is 0.731. The molecule has 2 N–H and O–H groups in total. The fourth-order valence-electron chi connectivity index (χ4n) is 2.12. The third kappa shape index (κ3) is 5.33. The van der Waals surface area contributed by atoms with E-state index >= 15 is 0 Å². The van der Waals surface area contributed by atoms with E-state index in [1.807, 2.05) is 35.7 Å². The van der Waals surface area contributed by atoms with Gasteiger partial charge in [-0.05, 0) is 29.1 Å². The average Bonchev–Trinajstić information content (AvgIpc) is 3.31. The van der Waals surface area contributed by atoms with Gasteiger partial charge in [0.05, 0.1) is 12.9 Å². The maximum absolute atomic E-state index is 12.0. The van der Waals surface area contributed by atoms with Gasteiger partial charge in [0.1, 0.15) is 11.6 Å². The van der Waals surface area contributed by atoms with Gasteiger partial charge in [0.2, 0.25) is 11.1 Å². The topological polar surface area (TPSA) is 79.9 Å². The Morgan fingerprint density at radius 1 is 1.32 bits per heavy atom. The number of nitrogens with zero attached hydrogens (tertiary/aromatic N) is 2. The van der Waals surface area contributed by atoms with Crippen LogP contribution >= 0.6 is 23.1 Å². The van der Waals surface area contributed by atoms with Gasteiger partial charge in [0.25, 0.3) is 0 Å². The molecule has 0 radical (unpaired) electrons. The van der Waals surface area contributed by atoms with Crippen molar-refractivity contribution >= 4 is 29.0 Å². The third-order valence-electron chi connectivity index (χ3n) is 3.41. The molecule has 2 heterocycles. The molecule has 0 bridgehead atoms. The molecule has 0 atom stereocenters. The van der Waals surface area contributed by atoms with Crippen LogP contribution < -0.4 is 10.1 Å². The van der Waals surface area contributed by atoms with Crippen molar-refractivity contribution in [1.82, 2.24) is 20.5 Å². The molecule has 0 unspecified atom stereocenters. The van der Waals surface area contributed by atoms with E-state index in [1.54, 1.807) is 18.4 Å². The molecule has 25 heavy (non-hydrogen) atoms. The molecule has 0 saturated heterocycles. The number of ether oxygens (including phenoxy) is 1. The SMILES string of the molecule is COc1ccc(CNC(=O)CSc2n[nH]c(Cc3cccs3)n2)cc1. The van der Waals surface area contributed by atoms with Gasteiger partial charge in [0.15, 0.2) is 0 Å². The van der Waals surface area contributed by atoms with Crippen LogP contribution in [0.1, 0.15) is 16.3 Å². The van der Waals surface area contributed by atoms with Crippen LogP contribution in [0.5, 0.6) is 5.75 Å². The lowest BCUT2D eigenvalue weighted by Gasteiger charge is -2.05. The van der Waals surface area contributed by atoms with E-state index in [-0.39, 0.29) is 11.7 Å². The number of carbonyl (C=O) groups excluding carboxylic acids is 1. The van der Waals surface area contributed by atoms with Crippen molar-refractivity contribution in [3.63, 3.8) is 0 Å². The van der Waals surface area contributed by atoms with Gasteiger partial charge in [-0.1, -0.05) is 30.0 Å². The van der Waals surface area contributed by atoms with Crippen LogP contribution in [0.4, 0.5) is 0 Å². The minimum absolute atomic E-state index is 0.0505. The summed E-state index contributed by atoms with van der Waals surface area (Å²) in [5, 5.41) is 12.6. The second-order valence-electron chi connectivity index (χ2n) is 5.23. The molecule has 0 aliphatic rings. The Bertz CT molecular complexity index is 800. The van der Waals surface area contributed by atoms with Crippen LogP contribution in [0.2, 0.25) is 0 Å². The van der Waals surface area contributed by atoms with E-state index in [2.05, 4.69) is 26.6 Å². The number of thioether (sulfide) groups is 1. The van der Waals surface area contributed by atoms with E-state index in [0.717, 1.165) is 23.6 Å². The predicted octanol–water partition coefficient (Wildman–Crippen LogP) is 2.87. The highest BCUT2D eigenvalue weighted by atomic mass is 32.2. The number of carbonyl (C=O) groups is 1. The number of thiophene rings is 1. The number of aromatic amines is 1. The summed E-state index contributed by atoms with van der Waals surface area (Å²) in [7, 11) is 1.63.